The molecule has 1 unspecified atom stereocenters. The molecule has 0 aliphatic rings. The lowest BCUT2D eigenvalue weighted by Crippen LogP contribution is -2.32. The van der Waals surface area contributed by atoms with E-state index in [1.54, 1.807) is 0 Å². The van der Waals surface area contributed by atoms with Crippen molar-refractivity contribution >= 4 is 5.97 Å². The van der Waals surface area contributed by atoms with Crippen LogP contribution in [0.25, 0.3) is 0 Å². The third-order valence-electron chi connectivity index (χ3n) is 4.63. The highest BCUT2D eigenvalue weighted by molar-refractivity contribution is 5.78. The minimum Gasteiger partial charge on any atom is -0.465 e. The quantitative estimate of drug-likeness (QED) is 0.450. The Hall–Kier alpha value is -2.39. The molecule has 0 fully saturated rings. The summed E-state index contributed by atoms with van der Waals surface area (Å²) in [6.07, 6.45) is 4.08. The van der Waals surface area contributed by atoms with E-state index in [1.165, 1.54) is 11.1 Å². The van der Waals surface area contributed by atoms with Gasteiger partial charge in [0, 0.05) is 19.1 Å². The Morgan fingerprint density at radius 2 is 1.48 bits per heavy atom. The average molecular weight is 366 g/mol. The highest BCUT2D eigenvalue weighted by atomic mass is 16.5. The maximum Gasteiger partial charge on any atom is 0.315 e. The summed E-state index contributed by atoms with van der Waals surface area (Å²) < 4.78 is 5.19. The molecule has 3 nitrogen and oxygen atoms in total. The van der Waals surface area contributed by atoms with Crippen molar-refractivity contribution in [2.24, 2.45) is 5.41 Å². The number of hydrogen-bond acceptors (Lipinski definition) is 3. The van der Waals surface area contributed by atoms with E-state index < -0.39 is 5.41 Å². The van der Waals surface area contributed by atoms with E-state index in [-0.39, 0.29) is 12.0 Å². The molecule has 27 heavy (non-hydrogen) atoms. The van der Waals surface area contributed by atoms with E-state index in [0.717, 1.165) is 13.1 Å². The number of carbonyl (C=O) groups is 1. The fourth-order valence-corrected chi connectivity index (χ4v) is 2.87. The van der Waals surface area contributed by atoms with Crippen molar-refractivity contribution < 1.29 is 9.53 Å². The molecule has 0 spiro atoms. The van der Waals surface area contributed by atoms with E-state index >= 15 is 0 Å². The molecule has 0 bridgehead atoms. The van der Waals surface area contributed by atoms with Crippen molar-refractivity contribution in [3.63, 3.8) is 0 Å². The molecule has 1 atom stereocenters. The Morgan fingerprint density at radius 1 is 1.00 bits per heavy atom. The summed E-state index contributed by atoms with van der Waals surface area (Å²) in [4.78, 5) is 14.5. The van der Waals surface area contributed by atoms with Crippen molar-refractivity contribution in [3.8, 4) is 0 Å². The molecular weight excluding hydrogens is 334 g/mol. The molecule has 0 aliphatic heterocycles. The van der Waals surface area contributed by atoms with Gasteiger partial charge in [-0.2, -0.15) is 0 Å². The van der Waals surface area contributed by atoms with Gasteiger partial charge in [-0.25, -0.2) is 0 Å². The van der Waals surface area contributed by atoms with E-state index in [1.807, 2.05) is 39.0 Å². The van der Waals surface area contributed by atoms with E-state index in [9.17, 15) is 4.79 Å². The van der Waals surface area contributed by atoms with Gasteiger partial charge < -0.3 is 4.74 Å². The number of hydrogen-bond donors (Lipinski definition) is 0. The number of ether oxygens (including phenoxy) is 1. The lowest BCUT2D eigenvalue weighted by molar-refractivity contribution is -0.150. The van der Waals surface area contributed by atoms with Crippen LogP contribution in [-0.4, -0.2) is 23.5 Å². The largest absolute Gasteiger partial charge is 0.465 e. The predicted octanol–water partition coefficient (Wildman–Crippen LogP) is 5.22. The van der Waals surface area contributed by atoms with Crippen molar-refractivity contribution in [1.29, 1.82) is 0 Å². The minimum atomic E-state index is -0.630. The van der Waals surface area contributed by atoms with Gasteiger partial charge in [0.2, 0.25) is 0 Å². The second-order valence-electron chi connectivity index (χ2n) is 7.42. The van der Waals surface area contributed by atoms with E-state index in [4.69, 9.17) is 4.74 Å². The van der Waals surface area contributed by atoms with Crippen molar-refractivity contribution in [3.05, 3.63) is 83.9 Å². The van der Waals surface area contributed by atoms with Crippen LogP contribution in [0.4, 0.5) is 0 Å². The van der Waals surface area contributed by atoms with Crippen LogP contribution in [-0.2, 0) is 22.6 Å². The molecule has 0 radical (unpaired) electrons. The van der Waals surface area contributed by atoms with Crippen LogP contribution in [0, 0.1) is 5.41 Å². The number of carbonyl (C=O) groups excluding carboxylic acids is 1. The Bertz CT molecular complexity index is 681. The summed E-state index contributed by atoms with van der Waals surface area (Å²) in [5.41, 5.74) is 1.92. The number of benzene rings is 2. The number of rotatable bonds is 9. The van der Waals surface area contributed by atoms with Crippen LogP contribution in [0.1, 0.15) is 38.8 Å². The standard InChI is InChI=1S/C24H31NO2/c1-5-27-23(26)24(3,4)17-16-20(2)25(18-21-12-8-6-9-13-21)19-22-14-10-7-11-15-22/h6-17,20H,5,18-19H2,1-4H3/b17-16-. The highest BCUT2D eigenvalue weighted by Gasteiger charge is 2.26. The van der Waals surface area contributed by atoms with Crippen molar-refractivity contribution in [1.82, 2.24) is 4.90 Å². The van der Waals surface area contributed by atoms with Crippen molar-refractivity contribution in [2.45, 2.75) is 46.8 Å². The first-order valence-electron chi connectivity index (χ1n) is 9.61. The first-order valence-corrected chi connectivity index (χ1v) is 9.61. The van der Waals surface area contributed by atoms with E-state index in [2.05, 4.69) is 66.4 Å². The molecule has 0 heterocycles. The number of esters is 1. The van der Waals surface area contributed by atoms with Crippen LogP contribution < -0.4 is 0 Å². The Morgan fingerprint density at radius 3 is 1.93 bits per heavy atom. The van der Waals surface area contributed by atoms with Gasteiger partial charge in [0.05, 0.1) is 12.0 Å². The topological polar surface area (TPSA) is 29.5 Å². The molecular formula is C24H31NO2. The zero-order valence-electron chi connectivity index (χ0n) is 16.9. The van der Waals surface area contributed by atoms with Gasteiger partial charge >= 0.3 is 5.97 Å². The fourth-order valence-electron chi connectivity index (χ4n) is 2.87. The van der Waals surface area contributed by atoms with Crippen LogP contribution in [0.15, 0.2) is 72.8 Å². The Kier molecular flexibility index (Phi) is 7.81. The monoisotopic (exact) mass is 365 g/mol. The summed E-state index contributed by atoms with van der Waals surface area (Å²) >= 11 is 0. The normalized spacial score (nSPS) is 13.1. The maximum atomic E-state index is 12.1. The van der Waals surface area contributed by atoms with Crippen molar-refractivity contribution in [2.75, 3.05) is 6.61 Å². The first kappa shape index (κ1) is 20.9. The number of nitrogens with zero attached hydrogens (tertiary/aromatic N) is 1. The van der Waals surface area contributed by atoms with Crippen LogP contribution >= 0.6 is 0 Å². The zero-order valence-corrected chi connectivity index (χ0v) is 16.9. The Labute approximate surface area is 163 Å². The average Bonchev–Trinajstić information content (AvgIpc) is 2.67. The molecule has 0 saturated heterocycles. The SMILES string of the molecule is CCOC(=O)C(C)(C)/C=C\C(C)N(Cc1ccccc1)Cc1ccccc1. The summed E-state index contributed by atoms with van der Waals surface area (Å²) in [5.74, 6) is -0.189. The molecule has 0 aromatic heterocycles. The summed E-state index contributed by atoms with van der Waals surface area (Å²) in [6, 6.07) is 21.1. The molecule has 0 saturated carbocycles. The third kappa shape index (κ3) is 6.69. The minimum absolute atomic E-state index is 0.180. The molecule has 3 heteroatoms. The molecule has 0 N–H and O–H groups in total. The molecule has 0 amide bonds. The van der Waals surface area contributed by atoms with Crippen LogP contribution in [0.5, 0.6) is 0 Å². The second kappa shape index (κ2) is 10.1. The first-order chi connectivity index (χ1) is 12.9. The summed E-state index contributed by atoms with van der Waals surface area (Å²) in [5, 5.41) is 0. The van der Waals surface area contributed by atoms with Gasteiger partial charge in [0.25, 0.3) is 0 Å². The van der Waals surface area contributed by atoms with Gasteiger partial charge in [-0.1, -0.05) is 72.8 Å². The summed E-state index contributed by atoms with van der Waals surface area (Å²) in [6.45, 7) is 9.90. The smallest absolute Gasteiger partial charge is 0.315 e. The molecule has 0 aliphatic carbocycles. The second-order valence-corrected chi connectivity index (χ2v) is 7.42. The molecule has 2 aromatic carbocycles. The molecule has 144 valence electrons. The Balaban J connectivity index is 2.15. The zero-order chi connectivity index (χ0) is 19.7. The van der Waals surface area contributed by atoms with Gasteiger partial charge in [-0.05, 0) is 38.8 Å². The maximum absolute atomic E-state index is 12.1. The van der Waals surface area contributed by atoms with Gasteiger partial charge in [0.1, 0.15) is 0 Å². The van der Waals surface area contributed by atoms with Gasteiger partial charge in [0.15, 0.2) is 0 Å². The fraction of sp³-hybridized carbons (Fsp3) is 0.375. The highest BCUT2D eigenvalue weighted by Crippen LogP contribution is 2.21. The predicted molar refractivity (Wildman–Crippen MR) is 111 cm³/mol. The van der Waals surface area contributed by atoms with Crippen LogP contribution in [0.2, 0.25) is 0 Å². The summed E-state index contributed by atoms with van der Waals surface area (Å²) in [7, 11) is 0. The van der Waals surface area contributed by atoms with Gasteiger partial charge in [-0.3, -0.25) is 9.69 Å². The lowest BCUT2D eigenvalue weighted by Gasteiger charge is -2.28. The van der Waals surface area contributed by atoms with Crippen LogP contribution in [0.3, 0.4) is 0 Å². The molecule has 2 aromatic rings. The van der Waals surface area contributed by atoms with E-state index in [0.29, 0.717) is 6.61 Å². The third-order valence-corrected chi connectivity index (χ3v) is 4.63. The molecule has 2 rings (SSSR count). The van der Waals surface area contributed by atoms with Gasteiger partial charge in [-0.15, -0.1) is 0 Å². The lowest BCUT2D eigenvalue weighted by atomic mass is 9.92.